The van der Waals surface area contributed by atoms with E-state index >= 15 is 0 Å². The van der Waals surface area contributed by atoms with E-state index in [-0.39, 0.29) is 5.54 Å². The summed E-state index contributed by atoms with van der Waals surface area (Å²) in [5.41, 5.74) is 6.44. The van der Waals surface area contributed by atoms with Crippen LogP contribution in [0.2, 0.25) is 0 Å². The largest absolute Gasteiger partial charge is 0.377 e. The van der Waals surface area contributed by atoms with Crippen LogP contribution in [0.4, 0.5) is 0 Å². The molecule has 1 saturated heterocycles. The van der Waals surface area contributed by atoms with E-state index in [1.165, 1.54) is 32.2 Å². The summed E-state index contributed by atoms with van der Waals surface area (Å²) in [6.07, 6.45) is 6.70. The van der Waals surface area contributed by atoms with Gasteiger partial charge in [0.2, 0.25) is 0 Å². The number of likely N-dealkylation sites (tertiary alicyclic amines) is 1. The Labute approximate surface area is 106 Å². The Hall–Kier alpha value is -0.120. The van der Waals surface area contributed by atoms with Crippen molar-refractivity contribution in [3.05, 3.63) is 0 Å². The van der Waals surface area contributed by atoms with Crippen LogP contribution in [0.25, 0.3) is 0 Å². The van der Waals surface area contributed by atoms with E-state index in [9.17, 15) is 0 Å². The molecule has 0 radical (unpaired) electrons. The molecule has 1 aliphatic carbocycles. The van der Waals surface area contributed by atoms with Crippen LogP contribution >= 0.6 is 0 Å². The van der Waals surface area contributed by atoms with Crippen LogP contribution in [0, 0.1) is 5.92 Å². The first-order valence-corrected chi connectivity index (χ1v) is 7.24. The van der Waals surface area contributed by atoms with Gasteiger partial charge >= 0.3 is 0 Å². The van der Waals surface area contributed by atoms with E-state index in [2.05, 4.69) is 18.7 Å². The van der Waals surface area contributed by atoms with Crippen LogP contribution in [0.15, 0.2) is 0 Å². The lowest BCUT2D eigenvalue weighted by Gasteiger charge is -2.38. The Morgan fingerprint density at radius 3 is 2.76 bits per heavy atom. The van der Waals surface area contributed by atoms with Crippen molar-refractivity contribution in [1.82, 2.24) is 4.90 Å². The minimum Gasteiger partial charge on any atom is -0.377 e. The van der Waals surface area contributed by atoms with Gasteiger partial charge in [-0.15, -0.1) is 0 Å². The predicted octanol–water partition coefficient (Wildman–Crippen LogP) is 2.00. The normalized spacial score (nSPS) is 30.2. The quantitative estimate of drug-likeness (QED) is 0.772. The molecule has 0 bridgehead atoms. The van der Waals surface area contributed by atoms with Gasteiger partial charge in [0.05, 0.1) is 6.10 Å². The highest BCUT2D eigenvalue weighted by Gasteiger charge is 2.40. The third-order valence-corrected chi connectivity index (χ3v) is 4.09. The molecule has 0 spiro atoms. The molecule has 2 atom stereocenters. The maximum Gasteiger partial charge on any atom is 0.0702 e. The molecule has 17 heavy (non-hydrogen) atoms. The Balaban J connectivity index is 1.76. The summed E-state index contributed by atoms with van der Waals surface area (Å²) >= 11 is 0. The van der Waals surface area contributed by atoms with Gasteiger partial charge in [-0.05, 0) is 51.5 Å². The van der Waals surface area contributed by atoms with Gasteiger partial charge in [-0.1, -0.05) is 6.92 Å². The highest BCUT2D eigenvalue weighted by atomic mass is 16.5. The van der Waals surface area contributed by atoms with E-state index in [0.29, 0.717) is 6.10 Å². The maximum atomic E-state index is 6.42. The second-order valence-corrected chi connectivity index (χ2v) is 6.15. The van der Waals surface area contributed by atoms with E-state index in [4.69, 9.17) is 10.5 Å². The minimum absolute atomic E-state index is 0.0205. The molecule has 2 aliphatic rings. The number of hydrogen-bond acceptors (Lipinski definition) is 3. The second kappa shape index (κ2) is 5.68. The van der Waals surface area contributed by atoms with Crippen molar-refractivity contribution >= 4 is 0 Å². The first-order valence-electron chi connectivity index (χ1n) is 7.24. The van der Waals surface area contributed by atoms with Crippen LogP contribution in [-0.4, -0.2) is 42.8 Å². The van der Waals surface area contributed by atoms with Crippen molar-refractivity contribution in [1.29, 1.82) is 0 Å². The molecule has 0 aromatic carbocycles. The van der Waals surface area contributed by atoms with Crippen molar-refractivity contribution in [3.63, 3.8) is 0 Å². The van der Waals surface area contributed by atoms with Crippen LogP contribution < -0.4 is 5.73 Å². The summed E-state index contributed by atoms with van der Waals surface area (Å²) in [7, 11) is 0. The van der Waals surface area contributed by atoms with Crippen molar-refractivity contribution in [3.8, 4) is 0 Å². The van der Waals surface area contributed by atoms with Crippen LogP contribution in [-0.2, 0) is 4.74 Å². The number of nitrogens with two attached hydrogens (primary N) is 1. The van der Waals surface area contributed by atoms with E-state index < -0.39 is 0 Å². The van der Waals surface area contributed by atoms with Gasteiger partial charge < -0.3 is 10.5 Å². The minimum atomic E-state index is 0.0205. The standard InChI is InChI=1S/C14H28N2O/c1-3-9-17-13-5-4-8-16(10-13)11-14(2,15)12-6-7-12/h12-13H,3-11,15H2,1-2H3. The van der Waals surface area contributed by atoms with Gasteiger partial charge in [-0.25, -0.2) is 0 Å². The molecule has 1 aliphatic heterocycles. The molecule has 2 N–H and O–H groups in total. The summed E-state index contributed by atoms with van der Waals surface area (Å²) in [6, 6.07) is 0. The summed E-state index contributed by atoms with van der Waals surface area (Å²) in [4.78, 5) is 2.52. The van der Waals surface area contributed by atoms with Crippen molar-refractivity contribution in [2.24, 2.45) is 11.7 Å². The molecule has 0 amide bonds. The third kappa shape index (κ3) is 3.94. The van der Waals surface area contributed by atoms with Gasteiger partial charge in [-0.3, -0.25) is 4.90 Å². The zero-order chi connectivity index (χ0) is 12.3. The first-order chi connectivity index (χ1) is 8.12. The number of rotatable bonds is 6. The number of hydrogen-bond donors (Lipinski definition) is 1. The molecule has 3 heteroatoms. The molecular weight excluding hydrogens is 212 g/mol. The van der Waals surface area contributed by atoms with E-state index in [0.717, 1.165) is 32.0 Å². The van der Waals surface area contributed by atoms with Crippen molar-refractivity contribution < 1.29 is 4.74 Å². The highest BCUT2D eigenvalue weighted by Crippen LogP contribution is 2.38. The van der Waals surface area contributed by atoms with Gasteiger partial charge in [0, 0.05) is 25.2 Å². The van der Waals surface area contributed by atoms with E-state index in [1.54, 1.807) is 0 Å². The lowest BCUT2D eigenvalue weighted by molar-refractivity contribution is -0.00570. The van der Waals surface area contributed by atoms with Gasteiger partial charge in [0.15, 0.2) is 0 Å². The molecule has 0 aromatic rings. The molecule has 100 valence electrons. The molecule has 1 saturated carbocycles. The Morgan fingerprint density at radius 1 is 1.35 bits per heavy atom. The first kappa shape index (κ1) is 13.3. The fourth-order valence-corrected chi connectivity index (χ4v) is 2.93. The molecule has 2 rings (SSSR count). The average Bonchev–Trinajstić information content (AvgIpc) is 3.10. The Kier molecular flexibility index (Phi) is 4.45. The fraction of sp³-hybridized carbons (Fsp3) is 1.00. The smallest absolute Gasteiger partial charge is 0.0702 e. The van der Waals surface area contributed by atoms with Crippen LogP contribution in [0.5, 0.6) is 0 Å². The number of nitrogens with zero attached hydrogens (tertiary/aromatic N) is 1. The lowest BCUT2D eigenvalue weighted by Crippen LogP contribution is -2.53. The van der Waals surface area contributed by atoms with E-state index in [1.807, 2.05) is 0 Å². The number of piperidine rings is 1. The highest BCUT2D eigenvalue weighted by molar-refractivity contribution is 4.97. The average molecular weight is 240 g/mol. The Morgan fingerprint density at radius 2 is 2.12 bits per heavy atom. The monoisotopic (exact) mass is 240 g/mol. The molecule has 2 fully saturated rings. The summed E-state index contributed by atoms with van der Waals surface area (Å²) in [6.45, 7) is 8.63. The summed E-state index contributed by atoms with van der Waals surface area (Å²) < 4.78 is 5.87. The van der Waals surface area contributed by atoms with Crippen molar-refractivity contribution in [2.75, 3.05) is 26.2 Å². The molecule has 1 heterocycles. The van der Waals surface area contributed by atoms with Gasteiger partial charge in [0.25, 0.3) is 0 Å². The number of ether oxygens (including phenoxy) is 1. The predicted molar refractivity (Wildman–Crippen MR) is 71.0 cm³/mol. The second-order valence-electron chi connectivity index (χ2n) is 6.15. The third-order valence-electron chi connectivity index (χ3n) is 4.09. The summed E-state index contributed by atoms with van der Waals surface area (Å²) in [5.74, 6) is 0.763. The fourth-order valence-electron chi connectivity index (χ4n) is 2.93. The molecular formula is C14H28N2O. The van der Waals surface area contributed by atoms with Gasteiger partial charge in [0.1, 0.15) is 0 Å². The zero-order valence-electron chi connectivity index (χ0n) is 11.5. The molecule has 3 nitrogen and oxygen atoms in total. The van der Waals surface area contributed by atoms with Crippen LogP contribution in [0.3, 0.4) is 0 Å². The lowest BCUT2D eigenvalue weighted by atomic mass is 9.95. The summed E-state index contributed by atoms with van der Waals surface area (Å²) in [5, 5.41) is 0. The molecule has 0 aromatic heterocycles. The van der Waals surface area contributed by atoms with Crippen LogP contribution in [0.1, 0.15) is 46.0 Å². The van der Waals surface area contributed by atoms with Crippen molar-refractivity contribution in [2.45, 2.75) is 57.6 Å². The Bertz CT molecular complexity index is 238. The van der Waals surface area contributed by atoms with Gasteiger partial charge in [-0.2, -0.15) is 0 Å². The maximum absolute atomic E-state index is 6.42. The topological polar surface area (TPSA) is 38.5 Å². The SMILES string of the molecule is CCCOC1CCCN(CC(C)(N)C2CC2)C1. The molecule has 2 unspecified atom stereocenters. The zero-order valence-corrected chi connectivity index (χ0v) is 11.5.